The van der Waals surface area contributed by atoms with Crippen molar-refractivity contribution in [3.8, 4) is 11.5 Å². The summed E-state index contributed by atoms with van der Waals surface area (Å²) >= 11 is 6.39. The number of para-hydroxylation sites is 2. The fraction of sp³-hybridized carbons (Fsp3) is 0.103. The van der Waals surface area contributed by atoms with Crippen LogP contribution in [0.5, 0.6) is 11.5 Å². The van der Waals surface area contributed by atoms with Crippen LogP contribution in [0.15, 0.2) is 84.9 Å². The zero-order valence-corrected chi connectivity index (χ0v) is 19.5. The minimum atomic E-state index is 0. The Balaban J connectivity index is 0.000000160. The van der Waals surface area contributed by atoms with E-state index < -0.39 is 0 Å². The van der Waals surface area contributed by atoms with E-state index in [2.05, 4.69) is 9.97 Å². The van der Waals surface area contributed by atoms with E-state index in [1.165, 1.54) is 0 Å². The molecule has 5 nitrogen and oxygen atoms in total. The predicted molar refractivity (Wildman–Crippen MR) is 148 cm³/mol. The molecular weight excluding hydrogens is 458 g/mol. The van der Waals surface area contributed by atoms with Crippen molar-refractivity contribution < 1.29 is 9.47 Å². The Morgan fingerprint density at radius 2 is 1.03 bits per heavy atom. The third-order valence-corrected chi connectivity index (χ3v) is 6.16. The van der Waals surface area contributed by atoms with Crippen LogP contribution in [0.4, 0.5) is 5.69 Å². The molecule has 2 aromatic heterocycles. The first-order valence-electron chi connectivity index (χ1n) is 10.7. The van der Waals surface area contributed by atoms with Crippen LogP contribution in [0.3, 0.4) is 0 Å². The van der Waals surface area contributed by atoms with Gasteiger partial charge in [-0.05, 0) is 36.4 Å². The zero-order chi connectivity index (χ0) is 23.7. The van der Waals surface area contributed by atoms with Crippen molar-refractivity contribution in [3.63, 3.8) is 0 Å². The fourth-order valence-electron chi connectivity index (χ4n) is 3.98. The average Bonchev–Trinajstić information content (AvgIpc) is 2.88. The maximum atomic E-state index is 6.39. The third kappa shape index (κ3) is 4.51. The number of methoxy groups -OCH3 is 2. The Morgan fingerprint density at radius 1 is 0.600 bits per heavy atom. The lowest BCUT2D eigenvalue weighted by Crippen LogP contribution is -1.93. The quantitative estimate of drug-likeness (QED) is 0.256. The van der Waals surface area contributed by atoms with Crippen LogP contribution >= 0.6 is 11.6 Å². The van der Waals surface area contributed by atoms with Crippen LogP contribution in [0, 0.1) is 0 Å². The first-order chi connectivity index (χ1) is 16.6. The molecular formula is C29H26ClN3O2. The summed E-state index contributed by atoms with van der Waals surface area (Å²) in [6.07, 6.45) is 0. The largest absolute Gasteiger partial charge is 0.497 e. The smallest absolute Gasteiger partial charge is 0.121 e. The van der Waals surface area contributed by atoms with Crippen LogP contribution < -0.4 is 15.2 Å². The third-order valence-electron chi connectivity index (χ3n) is 5.75. The fourth-order valence-corrected chi connectivity index (χ4v) is 4.30. The number of halogens is 1. The lowest BCUT2D eigenvalue weighted by atomic mass is 10.1. The van der Waals surface area contributed by atoms with Crippen molar-refractivity contribution in [3.05, 3.63) is 90.0 Å². The minimum Gasteiger partial charge on any atom is -0.497 e. The number of ether oxygens (including phenoxy) is 2. The van der Waals surface area contributed by atoms with Gasteiger partial charge in [0.1, 0.15) is 11.5 Å². The summed E-state index contributed by atoms with van der Waals surface area (Å²) < 4.78 is 10.4. The number of rotatable bonds is 2. The van der Waals surface area contributed by atoms with Gasteiger partial charge < -0.3 is 15.2 Å². The predicted octanol–water partition coefficient (Wildman–Crippen LogP) is 7.66. The highest BCUT2D eigenvalue weighted by atomic mass is 35.5. The van der Waals surface area contributed by atoms with Gasteiger partial charge in [0.2, 0.25) is 0 Å². The van der Waals surface area contributed by atoms with Gasteiger partial charge in [0.15, 0.2) is 0 Å². The summed E-state index contributed by atoms with van der Waals surface area (Å²) in [5, 5.41) is 4.63. The topological polar surface area (TPSA) is 70.3 Å². The number of nitrogens with two attached hydrogens (primary N) is 1. The summed E-state index contributed by atoms with van der Waals surface area (Å²) in [6, 6.07) is 27.2. The van der Waals surface area contributed by atoms with Crippen LogP contribution in [0.25, 0.3) is 43.6 Å². The molecule has 0 saturated carbocycles. The molecule has 0 fully saturated rings. The normalized spacial score (nSPS) is 10.6. The molecule has 0 aliphatic rings. The number of hydrogen-bond donors (Lipinski definition) is 1. The molecule has 0 amide bonds. The summed E-state index contributed by atoms with van der Waals surface area (Å²) in [5.41, 5.74) is 10.5. The summed E-state index contributed by atoms with van der Waals surface area (Å²) in [6.45, 7) is 0. The standard InChI is InChI=1S/C14H10ClNO.C14H12N2O.CH4/c2*1-17-9-6-7-11-13(8-9)16-12-5-3-2-4-10(12)14(11)15;/h2-8H,1H3;2-8H,1H3,(H2,15,16);1H4. The Kier molecular flexibility index (Phi) is 6.90. The molecule has 0 aliphatic heterocycles. The molecule has 0 aliphatic carbocycles. The van der Waals surface area contributed by atoms with Crippen molar-refractivity contribution in [2.75, 3.05) is 20.0 Å². The number of anilines is 1. The van der Waals surface area contributed by atoms with Crippen molar-refractivity contribution >= 4 is 60.9 Å². The Bertz CT molecular complexity index is 1540. The summed E-state index contributed by atoms with van der Waals surface area (Å²) in [4.78, 5) is 9.17. The summed E-state index contributed by atoms with van der Waals surface area (Å²) in [5.74, 6) is 1.58. The Hall–Kier alpha value is -4.09. The molecule has 0 atom stereocenters. The van der Waals surface area contributed by atoms with Gasteiger partial charge in [0, 0.05) is 33.7 Å². The highest BCUT2D eigenvalue weighted by Gasteiger charge is 2.08. The van der Waals surface area contributed by atoms with E-state index in [9.17, 15) is 0 Å². The number of pyridine rings is 2. The Morgan fingerprint density at radius 3 is 1.63 bits per heavy atom. The second kappa shape index (κ2) is 10.0. The molecule has 0 spiro atoms. The Labute approximate surface area is 209 Å². The number of benzene rings is 4. The lowest BCUT2D eigenvalue weighted by Gasteiger charge is -2.07. The average molecular weight is 484 g/mol. The van der Waals surface area contributed by atoms with Crippen LogP contribution in [0.1, 0.15) is 7.43 Å². The van der Waals surface area contributed by atoms with E-state index in [1.54, 1.807) is 14.2 Å². The summed E-state index contributed by atoms with van der Waals surface area (Å²) in [7, 11) is 3.29. The highest BCUT2D eigenvalue weighted by molar-refractivity contribution is 6.40. The maximum Gasteiger partial charge on any atom is 0.121 e. The van der Waals surface area contributed by atoms with E-state index in [4.69, 9.17) is 26.8 Å². The van der Waals surface area contributed by atoms with E-state index in [1.807, 2.05) is 84.9 Å². The second-order valence-electron chi connectivity index (χ2n) is 7.75. The number of nitrogen functional groups attached to an aromatic ring is 1. The number of aromatic nitrogens is 2. The van der Waals surface area contributed by atoms with Gasteiger partial charge in [-0.2, -0.15) is 0 Å². The molecule has 6 aromatic rings. The first kappa shape index (κ1) is 24.0. The van der Waals surface area contributed by atoms with Crippen molar-refractivity contribution in [2.24, 2.45) is 0 Å². The van der Waals surface area contributed by atoms with E-state index in [0.717, 1.165) is 65.8 Å². The molecule has 0 unspecified atom stereocenters. The van der Waals surface area contributed by atoms with Crippen molar-refractivity contribution in [1.29, 1.82) is 0 Å². The van der Waals surface area contributed by atoms with E-state index in [-0.39, 0.29) is 7.43 Å². The van der Waals surface area contributed by atoms with Crippen LogP contribution in [-0.4, -0.2) is 24.2 Å². The van der Waals surface area contributed by atoms with Crippen LogP contribution in [0.2, 0.25) is 5.02 Å². The molecule has 4 aromatic carbocycles. The minimum absolute atomic E-state index is 0. The zero-order valence-electron chi connectivity index (χ0n) is 18.7. The van der Waals surface area contributed by atoms with Gasteiger partial charge in [-0.1, -0.05) is 55.4 Å². The van der Waals surface area contributed by atoms with Gasteiger partial charge in [0.25, 0.3) is 0 Å². The molecule has 0 saturated heterocycles. The van der Waals surface area contributed by atoms with E-state index in [0.29, 0.717) is 0 Å². The lowest BCUT2D eigenvalue weighted by molar-refractivity contribution is 0.415. The van der Waals surface area contributed by atoms with Crippen LogP contribution in [-0.2, 0) is 0 Å². The van der Waals surface area contributed by atoms with Gasteiger partial charge in [0.05, 0.1) is 47.0 Å². The van der Waals surface area contributed by atoms with Gasteiger partial charge in [-0.15, -0.1) is 0 Å². The SMILES string of the molecule is C.COc1ccc2c(Cl)c3ccccc3nc2c1.COc1ccc2c(N)c3ccccc3nc2c1. The van der Waals surface area contributed by atoms with Crippen molar-refractivity contribution in [1.82, 2.24) is 9.97 Å². The monoisotopic (exact) mass is 483 g/mol. The number of hydrogen-bond acceptors (Lipinski definition) is 5. The van der Waals surface area contributed by atoms with Gasteiger partial charge >= 0.3 is 0 Å². The second-order valence-corrected chi connectivity index (χ2v) is 8.13. The van der Waals surface area contributed by atoms with Gasteiger partial charge in [-0.3, -0.25) is 0 Å². The molecule has 6 rings (SSSR count). The van der Waals surface area contributed by atoms with E-state index >= 15 is 0 Å². The number of fused-ring (bicyclic) bond motifs is 4. The molecule has 35 heavy (non-hydrogen) atoms. The molecule has 0 bridgehead atoms. The number of nitrogens with zero attached hydrogens (tertiary/aromatic N) is 2. The molecule has 0 radical (unpaired) electrons. The maximum absolute atomic E-state index is 6.39. The molecule has 2 heterocycles. The molecule has 176 valence electrons. The van der Waals surface area contributed by atoms with Crippen molar-refractivity contribution in [2.45, 2.75) is 7.43 Å². The molecule has 2 N–H and O–H groups in total. The molecule has 6 heteroatoms. The van der Waals surface area contributed by atoms with Gasteiger partial charge in [-0.25, -0.2) is 9.97 Å². The first-order valence-corrected chi connectivity index (χ1v) is 11.1. The highest BCUT2D eigenvalue weighted by Crippen LogP contribution is 2.32.